The third kappa shape index (κ3) is 4.70. The second kappa shape index (κ2) is 8.48. The van der Waals surface area contributed by atoms with Crippen LogP contribution in [0.2, 0.25) is 0 Å². The summed E-state index contributed by atoms with van der Waals surface area (Å²) >= 11 is 0. The Bertz CT molecular complexity index is 722. The number of ether oxygens (including phenoxy) is 3. The monoisotopic (exact) mass is 347 g/mol. The number of nitrogens with one attached hydrogen (secondary N) is 1. The highest BCUT2D eigenvalue weighted by molar-refractivity contribution is 5.77. The molecule has 0 fully saturated rings. The number of amides is 1. The van der Waals surface area contributed by atoms with Crippen LogP contribution in [0.25, 0.3) is 0 Å². The van der Waals surface area contributed by atoms with E-state index in [0.29, 0.717) is 17.1 Å². The number of rotatable bonds is 8. The molecule has 0 bridgehead atoms. The first kappa shape index (κ1) is 18.7. The minimum absolute atomic E-state index is 0.110. The highest BCUT2D eigenvalue weighted by Crippen LogP contribution is 2.27. The van der Waals surface area contributed by atoms with Crippen molar-refractivity contribution in [1.29, 1.82) is 0 Å². The number of carbonyl (C=O) groups excluding carboxylic acids is 1. The molecule has 0 saturated heterocycles. The fourth-order valence-electron chi connectivity index (χ4n) is 2.37. The molecule has 0 saturated carbocycles. The largest absolute Gasteiger partial charge is 0.493 e. The van der Waals surface area contributed by atoms with Crippen LogP contribution in [0.4, 0.5) is 4.39 Å². The minimum atomic E-state index is -0.981. The van der Waals surface area contributed by atoms with E-state index in [1.54, 1.807) is 43.3 Å². The second-order valence-electron chi connectivity index (χ2n) is 5.63. The van der Waals surface area contributed by atoms with Crippen LogP contribution in [0.15, 0.2) is 48.5 Å². The zero-order valence-corrected chi connectivity index (χ0v) is 14.5. The van der Waals surface area contributed by atoms with Gasteiger partial charge in [0.2, 0.25) is 0 Å². The van der Waals surface area contributed by atoms with Crippen molar-refractivity contribution in [2.45, 2.75) is 12.5 Å². The summed E-state index contributed by atoms with van der Waals surface area (Å²) in [6, 6.07) is 13.4. The van der Waals surface area contributed by atoms with Gasteiger partial charge in [0, 0.05) is 12.7 Å². The molecule has 0 aromatic heterocycles. The molecule has 1 unspecified atom stereocenters. The number of hydrogen-bond donors (Lipinski definition) is 1. The first-order valence-corrected chi connectivity index (χ1v) is 7.83. The molecule has 0 aliphatic carbocycles. The Labute approximate surface area is 146 Å². The first-order chi connectivity index (χ1) is 12.0. The number of benzene rings is 2. The lowest BCUT2D eigenvalue weighted by Crippen LogP contribution is -2.42. The smallest absolute Gasteiger partial charge is 0.258 e. The summed E-state index contributed by atoms with van der Waals surface area (Å²) in [6.07, 6.45) is 0. The SMILES string of the molecule is COc1ccccc1OCC(=O)NCC(C)(OC)c1ccccc1F. The predicted molar refractivity (Wildman–Crippen MR) is 92.3 cm³/mol. The van der Waals surface area contributed by atoms with E-state index < -0.39 is 5.60 Å². The van der Waals surface area contributed by atoms with Gasteiger partial charge in [-0.15, -0.1) is 0 Å². The van der Waals surface area contributed by atoms with Crippen molar-refractivity contribution in [3.05, 3.63) is 59.9 Å². The van der Waals surface area contributed by atoms with Crippen molar-refractivity contribution < 1.29 is 23.4 Å². The van der Waals surface area contributed by atoms with Crippen molar-refractivity contribution in [3.63, 3.8) is 0 Å². The Hall–Kier alpha value is -2.60. The highest BCUT2D eigenvalue weighted by Gasteiger charge is 2.29. The fourth-order valence-corrected chi connectivity index (χ4v) is 2.37. The van der Waals surface area contributed by atoms with Crippen LogP contribution >= 0.6 is 0 Å². The van der Waals surface area contributed by atoms with E-state index in [2.05, 4.69) is 5.32 Å². The summed E-state index contributed by atoms with van der Waals surface area (Å²) < 4.78 is 30.1. The molecule has 0 heterocycles. The molecule has 1 amide bonds. The molecule has 1 N–H and O–H groups in total. The molecule has 25 heavy (non-hydrogen) atoms. The van der Waals surface area contributed by atoms with Gasteiger partial charge in [0.05, 0.1) is 13.7 Å². The molecule has 0 aliphatic rings. The summed E-state index contributed by atoms with van der Waals surface area (Å²) in [5, 5.41) is 2.71. The van der Waals surface area contributed by atoms with E-state index in [-0.39, 0.29) is 24.9 Å². The molecule has 2 rings (SSSR count). The van der Waals surface area contributed by atoms with E-state index in [1.807, 2.05) is 6.07 Å². The van der Waals surface area contributed by atoms with E-state index in [1.165, 1.54) is 20.3 Å². The van der Waals surface area contributed by atoms with Gasteiger partial charge in [-0.05, 0) is 25.1 Å². The van der Waals surface area contributed by atoms with Crippen LogP contribution in [-0.4, -0.2) is 33.3 Å². The number of methoxy groups -OCH3 is 2. The second-order valence-corrected chi connectivity index (χ2v) is 5.63. The molecule has 0 spiro atoms. The van der Waals surface area contributed by atoms with Gasteiger partial charge in [0.1, 0.15) is 11.4 Å². The zero-order chi connectivity index (χ0) is 18.3. The number of hydrogen-bond acceptors (Lipinski definition) is 4. The topological polar surface area (TPSA) is 56.8 Å². The average Bonchev–Trinajstić information content (AvgIpc) is 2.65. The molecule has 1 atom stereocenters. The van der Waals surface area contributed by atoms with Crippen LogP contribution < -0.4 is 14.8 Å². The maximum Gasteiger partial charge on any atom is 0.258 e. The Balaban J connectivity index is 1.95. The van der Waals surface area contributed by atoms with E-state index in [0.717, 1.165) is 0 Å². The van der Waals surface area contributed by atoms with Crippen LogP contribution in [0.3, 0.4) is 0 Å². The maximum absolute atomic E-state index is 14.0. The summed E-state index contributed by atoms with van der Waals surface area (Å²) in [5.41, 5.74) is -0.603. The van der Waals surface area contributed by atoms with Gasteiger partial charge in [-0.3, -0.25) is 4.79 Å². The van der Waals surface area contributed by atoms with Crippen molar-refractivity contribution in [2.24, 2.45) is 0 Å². The minimum Gasteiger partial charge on any atom is -0.493 e. The van der Waals surface area contributed by atoms with Gasteiger partial charge in [-0.1, -0.05) is 30.3 Å². The molecular formula is C19H22FNO4. The fraction of sp³-hybridized carbons (Fsp3) is 0.316. The average molecular weight is 347 g/mol. The Morgan fingerprint density at radius 3 is 2.36 bits per heavy atom. The van der Waals surface area contributed by atoms with Gasteiger partial charge in [0.25, 0.3) is 5.91 Å². The molecular weight excluding hydrogens is 325 g/mol. The van der Waals surface area contributed by atoms with Crippen molar-refractivity contribution >= 4 is 5.91 Å². The normalized spacial score (nSPS) is 13.0. The molecule has 134 valence electrons. The molecule has 2 aromatic rings. The Morgan fingerprint density at radius 1 is 1.08 bits per heavy atom. The number of para-hydroxylation sites is 2. The standard InChI is InChI=1S/C19H22FNO4/c1-19(24-3,14-8-4-5-9-15(14)20)13-21-18(22)12-25-17-11-7-6-10-16(17)23-2/h4-11H,12-13H2,1-3H3,(H,21,22). The molecule has 0 aliphatic heterocycles. The van der Waals surface area contributed by atoms with E-state index >= 15 is 0 Å². The van der Waals surface area contributed by atoms with Crippen molar-refractivity contribution in [3.8, 4) is 11.5 Å². The summed E-state index contributed by atoms with van der Waals surface area (Å²) in [5.74, 6) is 0.295. The van der Waals surface area contributed by atoms with Gasteiger partial charge in [-0.25, -0.2) is 4.39 Å². The van der Waals surface area contributed by atoms with Gasteiger partial charge in [-0.2, -0.15) is 0 Å². The van der Waals surface area contributed by atoms with Crippen molar-refractivity contribution in [2.75, 3.05) is 27.4 Å². The van der Waals surface area contributed by atoms with Crippen LogP contribution in [0, 0.1) is 5.82 Å². The van der Waals surface area contributed by atoms with Gasteiger partial charge >= 0.3 is 0 Å². The maximum atomic E-state index is 14.0. The Morgan fingerprint density at radius 2 is 1.72 bits per heavy atom. The zero-order valence-electron chi connectivity index (χ0n) is 14.5. The van der Waals surface area contributed by atoms with E-state index in [9.17, 15) is 9.18 Å². The van der Waals surface area contributed by atoms with Gasteiger partial charge in [0.15, 0.2) is 18.1 Å². The van der Waals surface area contributed by atoms with E-state index in [4.69, 9.17) is 14.2 Å². The predicted octanol–water partition coefficient (Wildman–Crippen LogP) is 2.89. The summed E-state index contributed by atoms with van der Waals surface area (Å²) in [4.78, 5) is 12.1. The Kier molecular flexibility index (Phi) is 6.36. The third-order valence-corrected chi connectivity index (χ3v) is 3.94. The quantitative estimate of drug-likeness (QED) is 0.798. The van der Waals surface area contributed by atoms with Crippen LogP contribution in [-0.2, 0) is 15.1 Å². The summed E-state index contributed by atoms with van der Waals surface area (Å²) in [7, 11) is 3.00. The lowest BCUT2D eigenvalue weighted by Gasteiger charge is -2.29. The first-order valence-electron chi connectivity index (χ1n) is 7.83. The molecule has 2 aromatic carbocycles. The summed E-state index contributed by atoms with van der Waals surface area (Å²) in [6.45, 7) is 1.64. The highest BCUT2D eigenvalue weighted by atomic mass is 19.1. The van der Waals surface area contributed by atoms with Crippen LogP contribution in [0.1, 0.15) is 12.5 Å². The third-order valence-electron chi connectivity index (χ3n) is 3.94. The number of carbonyl (C=O) groups is 1. The molecule has 5 nitrogen and oxygen atoms in total. The lowest BCUT2D eigenvalue weighted by atomic mass is 9.95. The van der Waals surface area contributed by atoms with Crippen molar-refractivity contribution in [1.82, 2.24) is 5.32 Å². The van der Waals surface area contributed by atoms with Gasteiger partial charge < -0.3 is 19.5 Å². The molecule has 0 radical (unpaired) electrons. The number of halogens is 1. The molecule has 6 heteroatoms. The lowest BCUT2D eigenvalue weighted by molar-refractivity contribution is -0.124. The van der Waals surface area contributed by atoms with Crippen LogP contribution in [0.5, 0.6) is 11.5 Å².